The molecule has 5 heteroatoms. The summed E-state index contributed by atoms with van der Waals surface area (Å²) in [5, 5.41) is 5.62. The first-order valence-corrected chi connectivity index (χ1v) is 7.19. The van der Waals surface area contributed by atoms with Gasteiger partial charge in [-0.25, -0.2) is 0 Å². The van der Waals surface area contributed by atoms with Gasteiger partial charge in [0.2, 0.25) is 5.91 Å². The smallest absolute Gasteiger partial charge is 0.251 e. The molecule has 1 aromatic heterocycles. The molecule has 22 heavy (non-hydrogen) atoms. The number of amides is 2. The predicted octanol–water partition coefficient (Wildman–Crippen LogP) is 2.08. The number of pyridine rings is 1. The number of nitrogens with one attached hydrogen (secondary N) is 2. The van der Waals surface area contributed by atoms with Crippen LogP contribution in [0.15, 0.2) is 54.9 Å². The van der Waals surface area contributed by atoms with E-state index in [-0.39, 0.29) is 24.3 Å². The van der Waals surface area contributed by atoms with E-state index in [9.17, 15) is 9.59 Å². The number of aromatic nitrogens is 1. The molecule has 1 atom stereocenters. The molecule has 0 radical (unpaired) electrons. The first kappa shape index (κ1) is 15.7. The van der Waals surface area contributed by atoms with Gasteiger partial charge in [0.1, 0.15) is 0 Å². The van der Waals surface area contributed by atoms with Crippen molar-refractivity contribution in [3.8, 4) is 0 Å². The monoisotopic (exact) mass is 297 g/mol. The SMILES string of the molecule is C[C@@H](NC(=O)CCNC(=O)c1ccncc1)c1ccccc1. The molecule has 1 heterocycles. The van der Waals surface area contributed by atoms with Gasteiger partial charge < -0.3 is 10.6 Å². The molecule has 0 aliphatic carbocycles. The molecular weight excluding hydrogens is 278 g/mol. The highest BCUT2D eigenvalue weighted by Gasteiger charge is 2.10. The summed E-state index contributed by atoms with van der Waals surface area (Å²) >= 11 is 0. The van der Waals surface area contributed by atoms with E-state index in [2.05, 4.69) is 15.6 Å². The molecule has 2 aromatic rings. The van der Waals surface area contributed by atoms with E-state index in [4.69, 9.17) is 0 Å². The van der Waals surface area contributed by atoms with Gasteiger partial charge >= 0.3 is 0 Å². The van der Waals surface area contributed by atoms with Gasteiger partial charge in [0.15, 0.2) is 0 Å². The number of hydrogen-bond donors (Lipinski definition) is 2. The van der Waals surface area contributed by atoms with E-state index in [0.29, 0.717) is 12.1 Å². The molecule has 0 fully saturated rings. The highest BCUT2D eigenvalue weighted by molar-refractivity contribution is 5.94. The zero-order valence-corrected chi connectivity index (χ0v) is 12.5. The summed E-state index contributed by atoms with van der Waals surface area (Å²) in [6.07, 6.45) is 3.36. The molecule has 2 rings (SSSR count). The van der Waals surface area contributed by atoms with Gasteiger partial charge in [0, 0.05) is 30.9 Å². The number of rotatable bonds is 6. The van der Waals surface area contributed by atoms with Crippen LogP contribution in [0.5, 0.6) is 0 Å². The van der Waals surface area contributed by atoms with Crippen molar-refractivity contribution in [2.45, 2.75) is 19.4 Å². The number of carbonyl (C=O) groups excluding carboxylic acids is 2. The molecule has 0 unspecified atom stereocenters. The molecule has 0 saturated carbocycles. The minimum absolute atomic E-state index is 0.0513. The van der Waals surface area contributed by atoms with E-state index in [1.165, 1.54) is 0 Å². The molecule has 1 aromatic carbocycles. The second-order valence-corrected chi connectivity index (χ2v) is 4.94. The molecule has 0 saturated heterocycles. The van der Waals surface area contributed by atoms with Gasteiger partial charge in [-0.15, -0.1) is 0 Å². The van der Waals surface area contributed by atoms with Crippen LogP contribution < -0.4 is 10.6 Å². The summed E-state index contributed by atoms with van der Waals surface area (Å²) in [6, 6.07) is 13.0. The van der Waals surface area contributed by atoms with Crippen molar-refractivity contribution in [2.24, 2.45) is 0 Å². The fourth-order valence-electron chi connectivity index (χ4n) is 2.03. The first-order valence-electron chi connectivity index (χ1n) is 7.19. The lowest BCUT2D eigenvalue weighted by Crippen LogP contribution is -2.32. The minimum Gasteiger partial charge on any atom is -0.352 e. The number of carbonyl (C=O) groups is 2. The van der Waals surface area contributed by atoms with Crippen LogP contribution >= 0.6 is 0 Å². The third kappa shape index (κ3) is 4.70. The second-order valence-electron chi connectivity index (χ2n) is 4.94. The van der Waals surface area contributed by atoms with Crippen LogP contribution in [0.4, 0.5) is 0 Å². The van der Waals surface area contributed by atoms with Gasteiger partial charge in [0.25, 0.3) is 5.91 Å². The van der Waals surface area contributed by atoms with Crippen LogP contribution in [0.1, 0.15) is 35.3 Å². The molecular formula is C17H19N3O2. The predicted molar refractivity (Wildman–Crippen MR) is 84.2 cm³/mol. The van der Waals surface area contributed by atoms with Crippen LogP contribution in [0.3, 0.4) is 0 Å². The number of benzene rings is 1. The van der Waals surface area contributed by atoms with Crippen molar-refractivity contribution in [1.29, 1.82) is 0 Å². The van der Waals surface area contributed by atoms with Crippen molar-refractivity contribution in [1.82, 2.24) is 15.6 Å². The van der Waals surface area contributed by atoms with Gasteiger partial charge in [-0.2, -0.15) is 0 Å². The Hall–Kier alpha value is -2.69. The Kier molecular flexibility index (Phi) is 5.65. The molecule has 114 valence electrons. The summed E-state index contributed by atoms with van der Waals surface area (Å²) in [5.74, 6) is -0.294. The Bertz CT molecular complexity index is 614. The second kappa shape index (κ2) is 7.93. The highest BCUT2D eigenvalue weighted by atomic mass is 16.2. The Balaban J connectivity index is 1.73. The maximum absolute atomic E-state index is 11.9. The lowest BCUT2D eigenvalue weighted by atomic mass is 10.1. The van der Waals surface area contributed by atoms with E-state index in [1.807, 2.05) is 37.3 Å². The third-order valence-corrected chi connectivity index (χ3v) is 3.26. The quantitative estimate of drug-likeness (QED) is 0.857. The molecule has 0 spiro atoms. The Morgan fingerprint density at radius 1 is 1.09 bits per heavy atom. The molecule has 0 aliphatic heterocycles. The largest absolute Gasteiger partial charge is 0.352 e. The van der Waals surface area contributed by atoms with Crippen LogP contribution in [0.25, 0.3) is 0 Å². The summed E-state index contributed by atoms with van der Waals surface area (Å²) in [6.45, 7) is 2.23. The van der Waals surface area contributed by atoms with Gasteiger partial charge in [-0.3, -0.25) is 14.6 Å². The molecule has 2 amide bonds. The average molecular weight is 297 g/mol. The lowest BCUT2D eigenvalue weighted by Gasteiger charge is -2.14. The molecule has 0 bridgehead atoms. The van der Waals surface area contributed by atoms with E-state index < -0.39 is 0 Å². The first-order chi connectivity index (χ1) is 10.7. The molecule has 0 aliphatic rings. The number of hydrogen-bond acceptors (Lipinski definition) is 3. The number of nitrogens with zero attached hydrogens (tertiary/aromatic N) is 1. The molecule has 2 N–H and O–H groups in total. The van der Waals surface area contributed by atoms with Crippen LogP contribution in [0.2, 0.25) is 0 Å². The zero-order chi connectivity index (χ0) is 15.8. The van der Waals surface area contributed by atoms with Crippen LogP contribution in [0, 0.1) is 0 Å². The van der Waals surface area contributed by atoms with Gasteiger partial charge in [-0.1, -0.05) is 30.3 Å². The lowest BCUT2D eigenvalue weighted by molar-refractivity contribution is -0.121. The van der Waals surface area contributed by atoms with Gasteiger partial charge in [0.05, 0.1) is 6.04 Å². The van der Waals surface area contributed by atoms with Crippen molar-refractivity contribution >= 4 is 11.8 Å². The summed E-state index contributed by atoms with van der Waals surface area (Å²) in [5.41, 5.74) is 1.59. The minimum atomic E-state index is -0.202. The highest BCUT2D eigenvalue weighted by Crippen LogP contribution is 2.10. The van der Waals surface area contributed by atoms with Crippen LogP contribution in [-0.2, 0) is 4.79 Å². The third-order valence-electron chi connectivity index (χ3n) is 3.26. The average Bonchev–Trinajstić information content (AvgIpc) is 2.56. The van der Waals surface area contributed by atoms with E-state index in [1.54, 1.807) is 24.5 Å². The van der Waals surface area contributed by atoms with Crippen molar-refractivity contribution in [3.05, 3.63) is 66.0 Å². The fraction of sp³-hybridized carbons (Fsp3) is 0.235. The zero-order valence-electron chi connectivity index (χ0n) is 12.5. The van der Waals surface area contributed by atoms with E-state index in [0.717, 1.165) is 5.56 Å². The fourth-order valence-corrected chi connectivity index (χ4v) is 2.03. The Labute approximate surface area is 129 Å². The van der Waals surface area contributed by atoms with Crippen molar-refractivity contribution in [2.75, 3.05) is 6.54 Å². The standard InChI is InChI=1S/C17H19N3O2/c1-13(14-5-3-2-4-6-14)20-16(21)9-12-19-17(22)15-7-10-18-11-8-15/h2-8,10-11,13H,9,12H2,1H3,(H,19,22)(H,20,21)/t13-/m1/s1. The summed E-state index contributed by atoms with van der Waals surface area (Å²) in [4.78, 5) is 27.5. The summed E-state index contributed by atoms with van der Waals surface area (Å²) < 4.78 is 0. The van der Waals surface area contributed by atoms with E-state index >= 15 is 0 Å². The van der Waals surface area contributed by atoms with Crippen LogP contribution in [-0.4, -0.2) is 23.3 Å². The maximum Gasteiger partial charge on any atom is 0.251 e. The van der Waals surface area contributed by atoms with Crippen molar-refractivity contribution in [3.63, 3.8) is 0 Å². The summed E-state index contributed by atoms with van der Waals surface area (Å²) in [7, 11) is 0. The normalized spacial score (nSPS) is 11.5. The Morgan fingerprint density at radius 2 is 1.77 bits per heavy atom. The Morgan fingerprint density at radius 3 is 2.45 bits per heavy atom. The van der Waals surface area contributed by atoms with Crippen molar-refractivity contribution < 1.29 is 9.59 Å². The van der Waals surface area contributed by atoms with Gasteiger partial charge in [-0.05, 0) is 24.6 Å². The maximum atomic E-state index is 11.9. The molecule has 5 nitrogen and oxygen atoms in total. The topological polar surface area (TPSA) is 71.1 Å².